The van der Waals surface area contributed by atoms with Gasteiger partial charge in [0.15, 0.2) is 0 Å². The SMILES string of the molecule is CCCC1C(=O)[C@@H]2CC[C@H](O)[C@@H](C#C[C@@H](O)C3CCCC3)[C@H]12. The zero-order valence-electron chi connectivity index (χ0n) is 13.5. The zero-order valence-corrected chi connectivity index (χ0v) is 13.5. The van der Waals surface area contributed by atoms with E-state index in [0.29, 0.717) is 18.1 Å². The highest BCUT2D eigenvalue weighted by atomic mass is 16.3. The van der Waals surface area contributed by atoms with Crippen LogP contribution < -0.4 is 0 Å². The summed E-state index contributed by atoms with van der Waals surface area (Å²) in [5.74, 6) is 7.21. The summed E-state index contributed by atoms with van der Waals surface area (Å²) in [4.78, 5) is 12.2. The van der Waals surface area contributed by atoms with E-state index in [1.54, 1.807) is 0 Å². The number of hydrogen-bond acceptors (Lipinski definition) is 3. The number of carbonyl (C=O) groups is 1. The van der Waals surface area contributed by atoms with Crippen molar-refractivity contribution >= 4 is 5.78 Å². The second kappa shape index (κ2) is 6.72. The average Bonchev–Trinajstić information content (AvgIpc) is 3.05. The first kappa shape index (κ1) is 16.0. The summed E-state index contributed by atoms with van der Waals surface area (Å²) in [7, 11) is 0. The van der Waals surface area contributed by atoms with Gasteiger partial charge in [0, 0.05) is 11.8 Å². The number of hydrogen-bond donors (Lipinski definition) is 2. The second-order valence-electron chi connectivity index (χ2n) is 7.43. The molecule has 0 aromatic heterocycles. The molecule has 3 rings (SSSR count). The van der Waals surface area contributed by atoms with Crippen LogP contribution in [0.25, 0.3) is 0 Å². The molecule has 2 N–H and O–H groups in total. The molecule has 0 saturated heterocycles. The molecule has 3 nitrogen and oxygen atoms in total. The Labute approximate surface area is 133 Å². The first-order chi connectivity index (χ1) is 10.6. The molecule has 122 valence electrons. The van der Waals surface area contributed by atoms with Crippen LogP contribution >= 0.6 is 0 Å². The van der Waals surface area contributed by atoms with Gasteiger partial charge in [-0.2, -0.15) is 0 Å². The minimum absolute atomic E-state index is 0.0906. The summed E-state index contributed by atoms with van der Waals surface area (Å²) in [6.45, 7) is 2.10. The van der Waals surface area contributed by atoms with Gasteiger partial charge in [-0.3, -0.25) is 4.79 Å². The van der Waals surface area contributed by atoms with Crippen molar-refractivity contribution in [3.8, 4) is 11.8 Å². The van der Waals surface area contributed by atoms with Crippen LogP contribution in [0, 0.1) is 41.4 Å². The van der Waals surface area contributed by atoms with Crippen LogP contribution in [-0.4, -0.2) is 28.2 Å². The molecule has 3 aliphatic rings. The van der Waals surface area contributed by atoms with Gasteiger partial charge in [-0.1, -0.05) is 38.0 Å². The van der Waals surface area contributed by atoms with Crippen LogP contribution in [-0.2, 0) is 4.79 Å². The summed E-state index contributed by atoms with van der Waals surface area (Å²) >= 11 is 0. The van der Waals surface area contributed by atoms with E-state index in [9.17, 15) is 15.0 Å². The molecule has 0 amide bonds. The van der Waals surface area contributed by atoms with Gasteiger partial charge >= 0.3 is 0 Å². The fourth-order valence-corrected chi connectivity index (χ4v) is 4.85. The van der Waals surface area contributed by atoms with Crippen LogP contribution in [0.5, 0.6) is 0 Å². The third-order valence-electron chi connectivity index (χ3n) is 6.11. The topological polar surface area (TPSA) is 57.5 Å². The smallest absolute Gasteiger partial charge is 0.139 e. The lowest BCUT2D eigenvalue weighted by Crippen LogP contribution is -2.56. The Bertz CT molecular complexity index is 469. The average molecular weight is 304 g/mol. The van der Waals surface area contributed by atoms with Crippen LogP contribution in [0.1, 0.15) is 58.3 Å². The second-order valence-corrected chi connectivity index (χ2v) is 7.43. The van der Waals surface area contributed by atoms with E-state index in [2.05, 4.69) is 18.8 Å². The first-order valence-corrected chi connectivity index (χ1v) is 9.04. The largest absolute Gasteiger partial charge is 0.392 e. The lowest BCUT2D eigenvalue weighted by atomic mass is 9.52. The van der Waals surface area contributed by atoms with E-state index in [4.69, 9.17) is 0 Å². The molecule has 0 bridgehead atoms. The van der Waals surface area contributed by atoms with Gasteiger partial charge in [-0.15, -0.1) is 0 Å². The standard InChI is InChI=1S/C19H28O3/c1-2-5-14-18-13(17(21)11-9-15(18)19(14)22)8-10-16(20)12-6-3-4-7-12/h12-18,20-21H,2-7,9,11H2,1H3/t13-,14?,15-,16-,17+,18-/m1/s1. The van der Waals surface area contributed by atoms with Crippen molar-refractivity contribution in [1.82, 2.24) is 0 Å². The van der Waals surface area contributed by atoms with Crippen LogP contribution in [0.2, 0.25) is 0 Å². The molecule has 6 atom stereocenters. The molecule has 0 aromatic carbocycles. The maximum atomic E-state index is 12.2. The number of rotatable bonds is 3. The van der Waals surface area contributed by atoms with E-state index in [1.165, 1.54) is 12.8 Å². The van der Waals surface area contributed by atoms with Crippen LogP contribution in [0.15, 0.2) is 0 Å². The van der Waals surface area contributed by atoms with Gasteiger partial charge < -0.3 is 10.2 Å². The van der Waals surface area contributed by atoms with Gasteiger partial charge in [-0.25, -0.2) is 0 Å². The van der Waals surface area contributed by atoms with Crippen molar-refractivity contribution in [2.75, 3.05) is 0 Å². The van der Waals surface area contributed by atoms with Crippen molar-refractivity contribution in [3.63, 3.8) is 0 Å². The molecule has 0 spiro atoms. The van der Waals surface area contributed by atoms with E-state index in [0.717, 1.165) is 32.1 Å². The molecule has 0 heterocycles. The molecule has 1 unspecified atom stereocenters. The Morgan fingerprint density at radius 2 is 1.95 bits per heavy atom. The van der Waals surface area contributed by atoms with E-state index in [1.807, 2.05) is 0 Å². The maximum Gasteiger partial charge on any atom is 0.139 e. The van der Waals surface area contributed by atoms with E-state index >= 15 is 0 Å². The minimum Gasteiger partial charge on any atom is -0.392 e. The summed E-state index contributed by atoms with van der Waals surface area (Å²) in [5, 5.41) is 20.6. The van der Waals surface area contributed by atoms with Gasteiger partial charge in [0.1, 0.15) is 11.9 Å². The molecular formula is C19H28O3. The molecular weight excluding hydrogens is 276 g/mol. The lowest BCUT2D eigenvalue weighted by Gasteiger charge is -2.50. The Morgan fingerprint density at radius 3 is 2.64 bits per heavy atom. The highest BCUT2D eigenvalue weighted by Crippen LogP contribution is 2.51. The highest BCUT2D eigenvalue weighted by molar-refractivity contribution is 5.90. The Balaban J connectivity index is 1.71. The van der Waals surface area contributed by atoms with Gasteiger partial charge in [0.05, 0.1) is 12.0 Å². The number of ketones is 1. The van der Waals surface area contributed by atoms with Crippen LogP contribution in [0.3, 0.4) is 0 Å². The number of aliphatic hydroxyl groups excluding tert-OH is 2. The third kappa shape index (κ3) is 2.84. The van der Waals surface area contributed by atoms with E-state index < -0.39 is 12.2 Å². The molecule has 22 heavy (non-hydrogen) atoms. The van der Waals surface area contributed by atoms with Crippen molar-refractivity contribution in [1.29, 1.82) is 0 Å². The van der Waals surface area contributed by atoms with Gasteiger partial charge in [0.25, 0.3) is 0 Å². The quantitative estimate of drug-likeness (QED) is 0.788. The Hall–Kier alpha value is -0.850. The Kier molecular flexibility index (Phi) is 4.90. The lowest BCUT2D eigenvalue weighted by molar-refractivity contribution is -0.154. The fraction of sp³-hybridized carbons (Fsp3) is 0.842. The predicted octanol–water partition coefficient (Wildman–Crippen LogP) is 2.54. The molecule has 3 heteroatoms. The normalized spacial score (nSPS) is 39.6. The van der Waals surface area contributed by atoms with Crippen molar-refractivity contribution in [2.45, 2.75) is 70.5 Å². The summed E-state index contributed by atoms with van der Waals surface area (Å²) in [6.07, 6.45) is 6.90. The first-order valence-electron chi connectivity index (χ1n) is 9.04. The maximum absolute atomic E-state index is 12.2. The highest BCUT2D eigenvalue weighted by Gasteiger charge is 2.55. The molecule has 0 aromatic rings. The van der Waals surface area contributed by atoms with Gasteiger partial charge in [0.2, 0.25) is 0 Å². The molecule has 0 aliphatic heterocycles. The number of carbonyl (C=O) groups excluding carboxylic acids is 1. The number of Topliss-reactive ketones (excluding diaryl/α,β-unsaturated/α-hetero) is 1. The van der Waals surface area contributed by atoms with Crippen molar-refractivity contribution in [2.24, 2.45) is 29.6 Å². The summed E-state index contributed by atoms with van der Waals surface area (Å²) in [6, 6.07) is 0. The van der Waals surface area contributed by atoms with Crippen molar-refractivity contribution < 1.29 is 15.0 Å². The molecule has 3 saturated carbocycles. The summed E-state index contributed by atoms with van der Waals surface area (Å²) in [5.41, 5.74) is 0. The third-order valence-corrected chi connectivity index (χ3v) is 6.11. The predicted molar refractivity (Wildman–Crippen MR) is 84.9 cm³/mol. The van der Waals surface area contributed by atoms with Crippen LogP contribution in [0.4, 0.5) is 0 Å². The molecule has 3 fully saturated rings. The van der Waals surface area contributed by atoms with Crippen molar-refractivity contribution in [3.05, 3.63) is 0 Å². The monoisotopic (exact) mass is 304 g/mol. The van der Waals surface area contributed by atoms with Gasteiger partial charge in [-0.05, 0) is 43.9 Å². The van der Waals surface area contributed by atoms with E-state index in [-0.39, 0.29) is 23.7 Å². The fourth-order valence-electron chi connectivity index (χ4n) is 4.85. The summed E-state index contributed by atoms with van der Waals surface area (Å²) < 4.78 is 0. The molecule has 3 aliphatic carbocycles. The molecule has 0 radical (unpaired) electrons. The zero-order chi connectivity index (χ0) is 15.7. The number of fused-ring (bicyclic) bond motifs is 1. The minimum atomic E-state index is -0.560. The Morgan fingerprint density at radius 1 is 1.23 bits per heavy atom. The number of aliphatic hydroxyl groups is 2.